The zero-order valence-electron chi connectivity index (χ0n) is 42.0. The van der Waals surface area contributed by atoms with Crippen LogP contribution in [0.4, 0.5) is 4.39 Å². The van der Waals surface area contributed by atoms with Crippen molar-refractivity contribution < 1.29 is 27.2 Å². The summed E-state index contributed by atoms with van der Waals surface area (Å²) < 4.78 is 37.2. The largest absolute Gasteiger partial charge is 0.333 e. The Hall–Kier alpha value is -6.60. The van der Waals surface area contributed by atoms with E-state index in [1.54, 1.807) is 17.4 Å². The summed E-state index contributed by atoms with van der Waals surface area (Å²) >= 11 is 1.70. The second-order valence-electron chi connectivity index (χ2n) is 19.2. The van der Waals surface area contributed by atoms with Crippen molar-refractivity contribution >= 4 is 55.8 Å². The van der Waals surface area contributed by atoms with Gasteiger partial charge in [-0.3, -0.25) is 4.98 Å². The molecule has 0 amide bonds. The van der Waals surface area contributed by atoms with Crippen LogP contribution in [0.1, 0.15) is 40.4 Å². The minimum atomic E-state index is -1.69. The van der Waals surface area contributed by atoms with Gasteiger partial charge in [-0.15, -0.1) is 54.1 Å². The maximum absolute atomic E-state index is 14.7. The number of aromatic nitrogens is 3. The maximum atomic E-state index is 14.7. The van der Waals surface area contributed by atoms with Crippen molar-refractivity contribution in [1.82, 2.24) is 14.5 Å². The van der Waals surface area contributed by atoms with E-state index < -0.39 is 14.4 Å². The van der Waals surface area contributed by atoms with Crippen LogP contribution >= 0.6 is 11.3 Å². The number of benzene rings is 8. The number of fused-ring (bicyclic) bond motifs is 4. The first-order valence-electron chi connectivity index (χ1n) is 25.4. The van der Waals surface area contributed by atoms with Crippen LogP contribution in [-0.4, -0.2) is 22.6 Å². The first-order valence-corrected chi connectivity index (χ1v) is 28.7. The van der Waals surface area contributed by atoms with E-state index in [-0.39, 0.29) is 31.8 Å². The van der Waals surface area contributed by atoms with Crippen molar-refractivity contribution in [2.75, 3.05) is 0 Å². The third-order valence-corrected chi connectivity index (χ3v) is 16.7. The van der Waals surface area contributed by atoms with Gasteiger partial charge >= 0.3 is 0 Å². The second kappa shape index (κ2) is 21.0. The Bertz CT molecular complexity index is 3720. The number of para-hydroxylation sites is 2. The van der Waals surface area contributed by atoms with E-state index in [2.05, 4.69) is 151 Å². The van der Waals surface area contributed by atoms with E-state index >= 15 is 0 Å². The van der Waals surface area contributed by atoms with Crippen molar-refractivity contribution in [2.45, 2.75) is 58.1 Å². The fraction of sp³-hybridized carbons (Fsp3) is 0.156. The zero-order chi connectivity index (χ0) is 49.4. The van der Waals surface area contributed by atoms with Crippen LogP contribution in [0.2, 0.25) is 19.6 Å². The van der Waals surface area contributed by atoms with Gasteiger partial charge in [-0.2, -0.15) is 11.3 Å². The van der Waals surface area contributed by atoms with Gasteiger partial charge in [0.25, 0.3) is 0 Å². The van der Waals surface area contributed by atoms with E-state index in [4.69, 9.17) is 7.73 Å². The number of pyridine rings is 1. The number of hydrogen-bond donors (Lipinski definition) is 0. The van der Waals surface area contributed by atoms with E-state index in [1.165, 1.54) is 18.1 Å². The molecule has 11 aromatic rings. The quantitative estimate of drug-likeness (QED) is 0.107. The third-order valence-electron chi connectivity index (χ3n) is 13.5. The Kier molecular flexibility index (Phi) is 13.5. The summed E-state index contributed by atoms with van der Waals surface area (Å²) in [5.41, 5.74) is 12.6. The predicted octanol–water partition coefficient (Wildman–Crippen LogP) is 17.2. The Labute approximate surface area is 438 Å². The van der Waals surface area contributed by atoms with Crippen molar-refractivity contribution in [3.05, 3.63) is 218 Å². The summed E-state index contributed by atoms with van der Waals surface area (Å²) in [6.07, 6.45) is 6.18. The van der Waals surface area contributed by atoms with Gasteiger partial charge in [-0.05, 0) is 91.9 Å². The maximum Gasteiger partial charge on any atom is 0.131 e. The molecule has 0 unspecified atom stereocenters. The molecule has 71 heavy (non-hydrogen) atoms. The van der Waals surface area contributed by atoms with E-state index in [9.17, 15) is 4.39 Å². The molecule has 1 radical (unpaired) electrons. The summed E-state index contributed by atoms with van der Waals surface area (Å²) in [5, 5.41) is 3.43. The molecule has 1 aliphatic rings. The number of halogens is 1. The van der Waals surface area contributed by atoms with Crippen molar-refractivity contribution in [1.29, 1.82) is 0 Å². The van der Waals surface area contributed by atoms with Gasteiger partial charge < -0.3 is 9.55 Å². The summed E-state index contributed by atoms with van der Waals surface area (Å²) in [6, 6.07) is 70.0. The van der Waals surface area contributed by atoms with Gasteiger partial charge in [0.2, 0.25) is 0 Å². The monoisotopic (exact) mass is 1140 g/mol. The van der Waals surface area contributed by atoms with Crippen LogP contribution in [0.3, 0.4) is 0 Å². The molecule has 0 atom stereocenters. The summed E-state index contributed by atoms with van der Waals surface area (Å²) in [4.78, 5) is 9.93. The number of rotatable bonds is 9. The van der Waals surface area contributed by atoms with Gasteiger partial charge in [0.15, 0.2) is 0 Å². The van der Waals surface area contributed by atoms with Crippen LogP contribution < -0.4 is 5.19 Å². The molecule has 0 N–H and O–H groups in total. The van der Waals surface area contributed by atoms with E-state index in [1.807, 2.05) is 72.9 Å². The summed E-state index contributed by atoms with van der Waals surface area (Å²) in [7, 11) is -1.69. The van der Waals surface area contributed by atoms with E-state index in [0.29, 0.717) is 5.56 Å². The normalized spacial score (nSPS) is 13.6. The molecule has 0 saturated heterocycles. The molecule has 0 bridgehead atoms. The average Bonchev–Trinajstić information content (AvgIpc) is 4.00. The molecule has 1 fully saturated rings. The summed E-state index contributed by atoms with van der Waals surface area (Å²) in [6.45, 7) is 6.83. The van der Waals surface area contributed by atoms with E-state index in [0.717, 1.165) is 118 Å². The minimum absolute atomic E-state index is 0. The molecule has 7 heteroatoms. The van der Waals surface area contributed by atoms with Crippen LogP contribution in [0.5, 0.6) is 0 Å². The Balaban J connectivity index is 0.000000200. The van der Waals surface area contributed by atoms with Crippen LogP contribution in [0.25, 0.3) is 92.9 Å². The minimum Gasteiger partial charge on any atom is -0.333 e. The third kappa shape index (κ3) is 10.0. The molecule has 3 aromatic heterocycles. The van der Waals surface area contributed by atoms with Crippen molar-refractivity contribution in [2.24, 2.45) is 5.92 Å². The molecule has 1 saturated carbocycles. The molecular formula is C64H54FIrN3SSi-2. The van der Waals surface area contributed by atoms with Crippen LogP contribution in [0, 0.1) is 23.9 Å². The second-order valence-corrected chi connectivity index (χ2v) is 25.3. The zero-order valence-corrected chi connectivity index (χ0v) is 44.3. The molecule has 1 aliphatic carbocycles. The van der Waals surface area contributed by atoms with Crippen LogP contribution in [0.15, 0.2) is 194 Å². The molecule has 0 aliphatic heterocycles. The van der Waals surface area contributed by atoms with Crippen molar-refractivity contribution in [3.8, 4) is 61.7 Å². The molecule has 3 nitrogen and oxygen atoms in total. The standard InChI is InChI=1S/C43H26FN2S.C21H28NSi.Ir/c44-37-19-8-7-16-32(37)31-22-24-33-34-17-11-18-35(42(34)47-41(33)27-31)43-45-38-20-9-10-21-40(38)46(43)39-25-23-30(28-12-3-1-4-13-28)26-36(39)29-14-5-2-6-15-29;1-23(2,3)21-16-22-20(18-12-8-5-9-13-18)15-19(21)14-17-10-6-4-7-11-17;/h1-17,19-27H;5,8-9,12,15-17H,4,6-7,10-11,14H2,1-3H3;/q2*-1;/i;14D2;. The SMILES string of the molecule is Fc1ccccc1-c1ccc2c(c1)sc1c(-c3nc4ccccc4n3-c3ccc(-c4ccccc4)cc3-c3ccccc3)[c-]ccc12.[2H]C([2H])(c1cc(-c2[c-]cccc2)ncc1[Si](C)(C)C)C1CCCCC1.[Ir]. The topological polar surface area (TPSA) is 30.7 Å². The van der Waals surface area contributed by atoms with Crippen molar-refractivity contribution in [3.63, 3.8) is 0 Å². The molecule has 8 aromatic carbocycles. The van der Waals surface area contributed by atoms with Gasteiger partial charge in [-0.1, -0.05) is 184 Å². The van der Waals surface area contributed by atoms with Crippen LogP contribution in [-0.2, 0) is 26.5 Å². The smallest absolute Gasteiger partial charge is 0.131 e. The molecule has 12 rings (SSSR count). The Morgan fingerprint density at radius 3 is 2.14 bits per heavy atom. The molecule has 0 spiro atoms. The Morgan fingerprint density at radius 2 is 1.38 bits per heavy atom. The Morgan fingerprint density at radius 1 is 0.662 bits per heavy atom. The van der Waals surface area contributed by atoms with Gasteiger partial charge in [0, 0.05) is 50.6 Å². The molecular weight excluding hydrogens is 1080 g/mol. The molecule has 3 heterocycles. The first kappa shape index (κ1) is 45.5. The predicted molar refractivity (Wildman–Crippen MR) is 296 cm³/mol. The van der Waals surface area contributed by atoms with Gasteiger partial charge in [-0.25, -0.2) is 4.39 Å². The van der Waals surface area contributed by atoms with Gasteiger partial charge in [0.1, 0.15) is 5.82 Å². The molecule has 353 valence electrons. The van der Waals surface area contributed by atoms with Gasteiger partial charge in [0.05, 0.1) is 24.9 Å². The fourth-order valence-corrected chi connectivity index (χ4v) is 12.6. The number of nitrogens with zero attached hydrogens (tertiary/aromatic N) is 3. The number of hydrogen-bond acceptors (Lipinski definition) is 3. The number of thiophene rings is 1. The summed E-state index contributed by atoms with van der Waals surface area (Å²) in [5.74, 6) is 0.733. The number of imidazole rings is 1. The fourth-order valence-electron chi connectivity index (χ4n) is 9.94. The first-order chi connectivity index (χ1) is 35.0. The average molecular weight is 1140 g/mol.